The molecule has 2 fully saturated rings. The molecule has 2 heterocycles. The minimum absolute atomic E-state index is 0.0413. The first-order chi connectivity index (χ1) is 15.3. The maximum absolute atomic E-state index is 13.0. The van der Waals surface area contributed by atoms with Crippen LogP contribution in [0.15, 0.2) is 54.6 Å². The third-order valence-electron chi connectivity index (χ3n) is 6.06. The number of fused-ring (bicyclic) bond motifs is 2. The minimum Gasteiger partial charge on any atom is -0.484 e. The predicted molar refractivity (Wildman–Crippen MR) is 110 cm³/mol. The monoisotopic (exact) mass is 447 g/mol. The van der Waals surface area contributed by atoms with Gasteiger partial charge in [-0.15, -0.1) is 0 Å². The third kappa shape index (κ3) is 5.23. The van der Waals surface area contributed by atoms with Crippen LogP contribution in [0.25, 0.3) is 0 Å². The molecule has 0 aromatic heterocycles. The first-order valence-electron chi connectivity index (χ1n) is 10.6. The summed E-state index contributed by atoms with van der Waals surface area (Å²) >= 11 is 0. The fourth-order valence-corrected chi connectivity index (χ4v) is 4.60. The molecule has 2 unspecified atom stereocenters. The number of rotatable bonds is 6. The van der Waals surface area contributed by atoms with E-state index in [-0.39, 0.29) is 42.2 Å². The number of carbonyl (C=O) groups excluding carboxylic acids is 2. The highest BCUT2D eigenvalue weighted by atomic mass is 19.4. The fraction of sp³-hybridized carbons (Fsp3) is 0.417. The summed E-state index contributed by atoms with van der Waals surface area (Å²) < 4.78 is 47.0. The quantitative estimate of drug-likeness (QED) is 0.557. The normalized spacial score (nSPS) is 22.5. The molecule has 0 aliphatic carbocycles. The molecule has 8 heteroatoms. The Kier molecular flexibility index (Phi) is 6.39. The summed E-state index contributed by atoms with van der Waals surface area (Å²) in [7, 11) is 0. The van der Waals surface area contributed by atoms with Crippen LogP contribution in [0.3, 0.4) is 0 Å². The number of amides is 1. The number of ether oxygens (including phenoxy) is 2. The SMILES string of the molecule is O=C(c1ccc(OCC(F)(F)F)cc1)C1CC2CCC(C1)N2C(=O)OCc1ccccc1. The maximum atomic E-state index is 13.0. The minimum atomic E-state index is -4.41. The van der Waals surface area contributed by atoms with Crippen molar-refractivity contribution in [1.82, 2.24) is 4.90 Å². The van der Waals surface area contributed by atoms with Crippen molar-refractivity contribution in [2.45, 2.75) is 50.6 Å². The third-order valence-corrected chi connectivity index (χ3v) is 6.06. The van der Waals surface area contributed by atoms with Gasteiger partial charge in [-0.2, -0.15) is 13.2 Å². The van der Waals surface area contributed by atoms with Crippen LogP contribution >= 0.6 is 0 Å². The lowest BCUT2D eigenvalue weighted by molar-refractivity contribution is -0.153. The smallest absolute Gasteiger partial charge is 0.422 e. The standard InChI is InChI=1S/C24H24F3NO4/c25-24(26,27)15-32-21-10-6-17(7-11-21)22(29)18-12-19-8-9-20(13-18)28(19)23(30)31-14-16-4-2-1-3-5-16/h1-7,10-11,18-20H,8-9,12-15H2. The highest BCUT2D eigenvalue weighted by Crippen LogP contribution is 2.40. The zero-order valence-electron chi connectivity index (χ0n) is 17.4. The Morgan fingerprint density at radius 2 is 1.56 bits per heavy atom. The topological polar surface area (TPSA) is 55.8 Å². The molecule has 5 nitrogen and oxygen atoms in total. The molecule has 170 valence electrons. The van der Waals surface area contributed by atoms with Crippen LogP contribution in [-0.2, 0) is 11.3 Å². The van der Waals surface area contributed by atoms with Crippen LogP contribution < -0.4 is 4.74 Å². The molecule has 2 aliphatic heterocycles. The van der Waals surface area contributed by atoms with Gasteiger partial charge in [0, 0.05) is 23.6 Å². The number of alkyl halides is 3. The molecule has 1 amide bonds. The Hall–Kier alpha value is -3.03. The van der Waals surface area contributed by atoms with E-state index in [1.807, 2.05) is 30.3 Å². The average Bonchev–Trinajstić information content (AvgIpc) is 3.05. The van der Waals surface area contributed by atoms with Gasteiger partial charge in [0.15, 0.2) is 12.4 Å². The van der Waals surface area contributed by atoms with Crippen molar-refractivity contribution in [2.24, 2.45) is 5.92 Å². The second-order valence-corrected chi connectivity index (χ2v) is 8.29. The molecule has 32 heavy (non-hydrogen) atoms. The summed E-state index contributed by atoms with van der Waals surface area (Å²) in [5.74, 6) is -0.218. The first-order valence-corrected chi connectivity index (χ1v) is 10.6. The van der Waals surface area contributed by atoms with E-state index in [4.69, 9.17) is 9.47 Å². The van der Waals surface area contributed by atoms with Crippen molar-refractivity contribution >= 4 is 11.9 Å². The van der Waals surface area contributed by atoms with Crippen molar-refractivity contribution in [3.63, 3.8) is 0 Å². The molecule has 0 saturated carbocycles. The van der Waals surface area contributed by atoms with Crippen LogP contribution in [-0.4, -0.2) is 41.6 Å². The maximum Gasteiger partial charge on any atom is 0.422 e. The summed E-state index contributed by atoms with van der Waals surface area (Å²) in [6.07, 6.45) is -1.98. The predicted octanol–water partition coefficient (Wildman–Crippen LogP) is 5.39. The molecule has 2 bridgehead atoms. The number of carbonyl (C=O) groups is 2. The number of ketones is 1. The van der Waals surface area contributed by atoms with Crippen LogP contribution in [0.5, 0.6) is 5.75 Å². The molecular formula is C24H24F3NO4. The second-order valence-electron chi connectivity index (χ2n) is 8.29. The lowest BCUT2D eigenvalue weighted by Gasteiger charge is -2.37. The summed E-state index contributed by atoms with van der Waals surface area (Å²) in [6.45, 7) is -1.16. The van der Waals surface area contributed by atoms with Gasteiger partial charge in [0.2, 0.25) is 0 Å². The van der Waals surface area contributed by atoms with Crippen molar-refractivity contribution in [1.29, 1.82) is 0 Å². The number of hydrogen-bond acceptors (Lipinski definition) is 4. The highest BCUT2D eigenvalue weighted by Gasteiger charge is 2.46. The zero-order valence-corrected chi connectivity index (χ0v) is 17.4. The Labute approximate surface area is 184 Å². The molecule has 2 aliphatic rings. The summed E-state index contributed by atoms with van der Waals surface area (Å²) in [5, 5.41) is 0. The van der Waals surface area contributed by atoms with Gasteiger partial charge in [0.05, 0.1) is 0 Å². The molecule has 0 radical (unpaired) electrons. The van der Waals surface area contributed by atoms with Crippen molar-refractivity contribution in [2.75, 3.05) is 6.61 Å². The van der Waals surface area contributed by atoms with Crippen molar-refractivity contribution < 1.29 is 32.2 Å². The highest BCUT2D eigenvalue weighted by molar-refractivity contribution is 5.98. The molecule has 2 aromatic rings. The number of Topliss-reactive ketones (excluding diaryl/α,β-unsaturated/α-hetero) is 1. The Balaban J connectivity index is 1.33. The molecule has 0 spiro atoms. The number of nitrogens with zero attached hydrogens (tertiary/aromatic N) is 1. The summed E-state index contributed by atoms with van der Waals surface area (Å²) in [6, 6.07) is 15.1. The van der Waals surface area contributed by atoms with Crippen LogP contribution in [0, 0.1) is 5.92 Å². The first kappa shape index (κ1) is 22.2. The molecule has 4 rings (SSSR count). The van der Waals surface area contributed by atoms with Gasteiger partial charge >= 0.3 is 12.3 Å². The number of halogens is 3. The van der Waals surface area contributed by atoms with Gasteiger partial charge in [-0.3, -0.25) is 4.79 Å². The fourth-order valence-electron chi connectivity index (χ4n) is 4.60. The van der Waals surface area contributed by atoms with E-state index < -0.39 is 12.8 Å². The van der Waals surface area contributed by atoms with Crippen LogP contribution in [0.2, 0.25) is 0 Å². The van der Waals surface area contributed by atoms with Gasteiger partial charge < -0.3 is 14.4 Å². The molecule has 2 aromatic carbocycles. The molecule has 0 N–H and O–H groups in total. The lowest BCUT2D eigenvalue weighted by atomic mass is 9.85. The number of benzene rings is 2. The van der Waals surface area contributed by atoms with E-state index in [9.17, 15) is 22.8 Å². The van der Waals surface area contributed by atoms with E-state index in [2.05, 4.69) is 0 Å². The molecule has 2 saturated heterocycles. The van der Waals surface area contributed by atoms with Crippen LogP contribution in [0.4, 0.5) is 18.0 Å². The zero-order chi connectivity index (χ0) is 22.7. The average molecular weight is 447 g/mol. The lowest BCUT2D eigenvalue weighted by Crippen LogP contribution is -2.48. The van der Waals surface area contributed by atoms with Gasteiger partial charge in [-0.25, -0.2) is 4.79 Å². The van der Waals surface area contributed by atoms with Gasteiger partial charge in [0.25, 0.3) is 0 Å². The van der Waals surface area contributed by atoms with E-state index in [1.54, 1.807) is 4.90 Å². The molecule has 2 atom stereocenters. The Morgan fingerprint density at radius 3 is 2.16 bits per heavy atom. The Bertz CT molecular complexity index is 932. The second kappa shape index (κ2) is 9.22. The summed E-state index contributed by atoms with van der Waals surface area (Å²) in [5.41, 5.74) is 1.36. The van der Waals surface area contributed by atoms with E-state index >= 15 is 0 Å². The van der Waals surface area contributed by atoms with Gasteiger partial charge in [-0.05, 0) is 55.5 Å². The Morgan fingerprint density at radius 1 is 0.938 bits per heavy atom. The van der Waals surface area contributed by atoms with Crippen molar-refractivity contribution in [3.05, 3.63) is 65.7 Å². The van der Waals surface area contributed by atoms with E-state index in [0.29, 0.717) is 18.4 Å². The largest absolute Gasteiger partial charge is 0.484 e. The van der Waals surface area contributed by atoms with Crippen LogP contribution in [0.1, 0.15) is 41.6 Å². The van der Waals surface area contributed by atoms with Gasteiger partial charge in [-0.1, -0.05) is 30.3 Å². The number of hydrogen-bond donors (Lipinski definition) is 0. The van der Waals surface area contributed by atoms with Gasteiger partial charge in [0.1, 0.15) is 12.4 Å². The van der Waals surface area contributed by atoms with E-state index in [1.165, 1.54) is 24.3 Å². The van der Waals surface area contributed by atoms with Crippen molar-refractivity contribution in [3.8, 4) is 5.75 Å². The molecular weight excluding hydrogens is 423 g/mol. The summed E-state index contributed by atoms with van der Waals surface area (Å²) in [4.78, 5) is 27.4. The van der Waals surface area contributed by atoms with E-state index in [0.717, 1.165) is 18.4 Å². The number of piperidine rings is 1.